The largest absolute Gasteiger partial charge is 0.487 e. The van der Waals surface area contributed by atoms with Gasteiger partial charge in [-0.25, -0.2) is 9.18 Å². The Balaban J connectivity index is 1.78. The van der Waals surface area contributed by atoms with Crippen molar-refractivity contribution < 1.29 is 18.7 Å². The Bertz CT molecular complexity index is 939. The van der Waals surface area contributed by atoms with E-state index in [4.69, 9.17) is 4.74 Å². The normalized spacial score (nSPS) is 15.3. The number of halogens is 3. The summed E-state index contributed by atoms with van der Waals surface area (Å²) in [7, 11) is 0. The molecule has 0 bridgehead atoms. The molecule has 3 rings (SSSR count). The lowest BCUT2D eigenvalue weighted by molar-refractivity contribution is -0.122. The SMILES string of the molecule is CCCN1C(=O)N/C(=C/c2cc(Br)c(OCc3cccc(F)c3)c(Br)c2)C1=O. The number of hydrogen-bond donors (Lipinski definition) is 1. The van der Waals surface area contributed by atoms with Gasteiger partial charge in [-0.2, -0.15) is 0 Å². The van der Waals surface area contributed by atoms with Gasteiger partial charge < -0.3 is 10.1 Å². The molecule has 28 heavy (non-hydrogen) atoms. The first-order valence-electron chi connectivity index (χ1n) is 8.60. The predicted molar refractivity (Wildman–Crippen MR) is 111 cm³/mol. The molecule has 146 valence electrons. The lowest BCUT2D eigenvalue weighted by atomic mass is 10.2. The fourth-order valence-corrected chi connectivity index (χ4v) is 4.20. The van der Waals surface area contributed by atoms with E-state index in [9.17, 15) is 14.0 Å². The molecule has 1 aliphatic rings. The number of benzene rings is 2. The van der Waals surface area contributed by atoms with E-state index in [1.54, 1.807) is 30.3 Å². The van der Waals surface area contributed by atoms with Crippen molar-refractivity contribution in [1.29, 1.82) is 0 Å². The summed E-state index contributed by atoms with van der Waals surface area (Å²) in [5.41, 5.74) is 1.64. The molecule has 0 atom stereocenters. The molecule has 1 fully saturated rings. The van der Waals surface area contributed by atoms with Crippen LogP contribution in [0.3, 0.4) is 0 Å². The first-order valence-corrected chi connectivity index (χ1v) is 10.2. The van der Waals surface area contributed by atoms with Crippen molar-refractivity contribution in [3.8, 4) is 5.75 Å². The van der Waals surface area contributed by atoms with Gasteiger partial charge in [-0.15, -0.1) is 0 Å². The summed E-state index contributed by atoms with van der Waals surface area (Å²) in [6.07, 6.45) is 2.31. The number of nitrogens with zero attached hydrogens (tertiary/aromatic N) is 1. The Hall–Kier alpha value is -2.19. The van der Waals surface area contributed by atoms with Crippen LogP contribution >= 0.6 is 31.9 Å². The minimum Gasteiger partial charge on any atom is -0.487 e. The number of rotatable bonds is 6. The van der Waals surface area contributed by atoms with Gasteiger partial charge in [0.05, 0.1) is 8.95 Å². The van der Waals surface area contributed by atoms with Gasteiger partial charge in [-0.3, -0.25) is 9.69 Å². The Kier molecular flexibility index (Phi) is 6.51. The van der Waals surface area contributed by atoms with E-state index < -0.39 is 6.03 Å². The molecule has 1 heterocycles. The van der Waals surface area contributed by atoms with Crippen LogP contribution in [0.4, 0.5) is 9.18 Å². The average molecular weight is 512 g/mol. The molecule has 0 aliphatic carbocycles. The fraction of sp³-hybridized carbons (Fsp3) is 0.200. The van der Waals surface area contributed by atoms with Gasteiger partial charge in [0.2, 0.25) is 0 Å². The zero-order chi connectivity index (χ0) is 20.3. The van der Waals surface area contributed by atoms with Crippen LogP contribution in [0.15, 0.2) is 51.0 Å². The van der Waals surface area contributed by atoms with Crippen molar-refractivity contribution in [2.24, 2.45) is 0 Å². The zero-order valence-electron chi connectivity index (χ0n) is 15.0. The second-order valence-electron chi connectivity index (χ2n) is 6.18. The molecule has 0 aromatic heterocycles. The monoisotopic (exact) mass is 510 g/mol. The first kappa shape index (κ1) is 20.5. The highest BCUT2D eigenvalue weighted by Gasteiger charge is 2.32. The number of hydrogen-bond acceptors (Lipinski definition) is 3. The molecule has 2 aromatic carbocycles. The van der Waals surface area contributed by atoms with Crippen molar-refractivity contribution in [1.82, 2.24) is 10.2 Å². The van der Waals surface area contributed by atoms with E-state index in [0.29, 0.717) is 38.8 Å². The summed E-state index contributed by atoms with van der Waals surface area (Å²) in [5.74, 6) is -0.104. The van der Waals surface area contributed by atoms with E-state index in [1.165, 1.54) is 17.0 Å². The summed E-state index contributed by atoms with van der Waals surface area (Å²) in [5, 5.41) is 2.59. The Morgan fingerprint density at radius 3 is 2.54 bits per heavy atom. The van der Waals surface area contributed by atoms with Crippen molar-refractivity contribution >= 4 is 49.9 Å². The van der Waals surface area contributed by atoms with Crippen LogP contribution in [-0.4, -0.2) is 23.4 Å². The summed E-state index contributed by atoms with van der Waals surface area (Å²) in [6, 6.07) is 9.34. The molecule has 0 spiro atoms. The lowest BCUT2D eigenvalue weighted by Gasteiger charge is -2.12. The van der Waals surface area contributed by atoms with E-state index in [-0.39, 0.29) is 24.0 Å². The van der Waals surface area contributed by atoms with Crippen molar-refractivity contribution in [2.75, 3.05) is 6.54 Å². The van der Waals surface area contributed by atoms with Crippen LogP contribution in [0.5, 0.6) is 5.75 Å². The Morgan fingerprint density at radius 1 is 1.18 bits per heavy atom. The van der Waals surface area contributed by atoms with Gasteiger partial charge in [-0.1, -0.05) is 19.1 Å². The fourth-order valence-electron chi connectivity index (χ4n) is 2.75. The van der Waals surface area contributed by atoms with Crippen LogP contribution in [-0.2, 0) is 11.4 Å². The maximum absolute atomic E-state index is 13.3. The standard InChI is InChI=1S/C20H17Br2FN2O3/c1-2-6-25-19(26)17(24-20(25)27)10-13-8-15(21)18(16(22)9-13)28-11-12-4-3-5-14(23)7-12/h3-5,7-10H,2,6,11H2,1H3,(H,24,27)/b17-10+. The molecule has 1 N–H and O–H groups in total. The van der Waals surface area contributed by atoms with E-state index in [1.807, 2.05) is 6.92 Å². The highest BCUT2D eigenvalue weighted by atomic mass is 79.9. The number of carbonyl (C=O) groups is 2. The Labute approximate surface area is 178 Å². The molecule has 8 heteroatoms. The van der Waals surface area contributed by atoms with Gasteiger partial charge in [0, 0.05) is 6.54 Å². The first-order chi connectivity index (χ1) is 13.4. The number of urea groups is 1. The second-order valence-corrected chi connectivity index (χ2v) is 7.89. The number of amides is 3. The summed E-state index contributed by atoms with van der Waals surface area (Å²) in [6.45, 7) is 2.48. The highest BCUT2D eigenvalue weighted by Crippen LogP contribution is 2.36. The number of ether oxygens (including phenoxy) is 1. The average Bonchev–Trinajstić information content (AvgIpc) is 2.89. The molecule has 0 saturated carbocycles. The smallest absolute Gasteiger partial charge is 0.329 e. The van der Waals surface area contributed by atoms with E-state index in [0.717, 1.165) is 0 Å². The van der Waals surface area contributed by atoms with E-state index in [2.05, 4.69) is 37.2 Å². The van der Waals surface area contributed by atoms with E-state index >= 15 is 0 Å². The zero-order valence-corrected chi connectivity index (χ0v) is 18.1. The minimum absolute atomic E-state index is 0.204. The number of nitrogens with one attached hydrogen (secondary N) is 1. The molecule has 2 aromatic rings. The highest BCUT2D eigenvalue weighted by molar-refractivity contribution is 9.11. The molecule has 3 amide bonds. The van der Waals surface area contributed by atoms with Crippen LogP contribution in [0.2, 0.25) is 0 Å². The van der Waals surface area contributed by atoms with Crippen molar-refractivity contribution in [3.63, 3.8) is 0 Å². The molecule has 0 radical (unpaired) electrons. The van der Waals surface area contributed by atoms with Crippen LogP contribution in [0.1, 0.15) is 24.5 Å². The van der Waals surface area contributed by atoms with Gasteiger partial charge in [0.25, 0.3) is 5.91 Å². The third-order valence-electron chi connectivity index (χ3n) is 4.01. The van der Waals surface area contributed by atoms with Crippen molar-refractivity contribution in [3.05, 3.63) is 68.0 Å². The van der Waals surface area contributed by atoms with Gasteiger partial charge in [0.1, 0.15) is 23.9 Å². The van der Waals surface area contributed by atoms with Crippen molar-refractivity contribution in [2.45, 2.75) is 20.0 Å². The minimum atomic E-state index is -0.411. The van der Waals surface area contributed by atoms with Gasteiger partial charge in [-0.05, 0) is 79.7 Å². The summed E-state index contributed by atoms with van der Waals surface area (Å²) >= 11 is 6.92. The molecule has 0 unspecified atom stereocenters. The predicted octanol–water partition coefficient (Wildman–Crippen LogP) is 5.23. The molecule has 1 aliphatic heterocycles. The summed E-state index contributed by atoms with van der Waals surface area (Å²) < 4.78 is 20.4. The number of carbonyl (C=O) groups excluding carboxylic acids is 2. The van der Waals surface area contributed by atoms with Crippen LogP contribution < -0.4 is 10.1 Å². The topological polar surface area (TPSA) is 58.6 Å². The molecular weight excluding hydrogens is 495 g/mol. The second kappa shape index (κ2) is 8.87. The number of imide groups is 1. The van der Waals surface area contributed by atoms with Gasteiger partial charge >= 0.3 is 6.03 Å². The molecule has 5 nitrogen and oxygen atoms in total. The van der Waals surface area contributed by atoms with Crippen LogP contribution in [0.25, 0.3) is 6.08 Å². The maximum atomic E-state index is 13.3. The third kappa shape index (κ3) is 4.62. The molecular formula is C20H17Br2FN2O3. The Morgan fingerprint density at radius 2 is 1.89 bits per heavy atom. The third-order valence-corrected chi connectivity index (χ3v) is 5.19. The lowest BCUT2D eigenvalue weighted by Crippen LogP contribution is -2.31. The quantitative estimate of drug-likeness (QED) is 0.426. The van der Waals surface area contributed by atoms with Crippen LogP contribution in [0, 0.1) is 5.82 Å². The summed E-state index contributed by atoms with van der Waals surface area (Å²) in [4.78, 5) is 25.4. The maximum Gasteiger partial charge on any atom is 0.329 e. The van der Waals surface area contributed by atoms with Gasteiger partial charge in [0.15, 0.2) is 0 Å². The molecule has 1 saturated heterocycles.